The van der Waals surface area contributed by atoms with Crippen LogP contribution in [0.15, 0.2) is 48.5 Å². The molecule has 0 spiro atoms. The molecule has 1 N–H and O–H groups in total. The molecule has 0 amide bonds. The zero-order chi connectivity index (χ0) is 13.0. The fraction of sp³-hybridized carbons (Fsp3) is 0.250. The first kappa shape index (κ1) is 13.0. The highest BCUT2D eigenvalue weighted by atomic mass is 35.5. The van der Waals surface area contributed by atoms with Crippen LogP contribution in [0.4, 0.5) is 5.69 Å². The lowest BCUT2D eigenvalue weighted by Crippen LogP contribution is -2.17. The van der Waals surface area contributed by atoms with Crippen molar-refractivity contribution in [2.45, 2.75) is 26.3 Å². The number of hydrogen-bond acceptors (Lipinski definition) is 1. The predicted molar refractivity (Wildman–Crippen MR) is 79.4 cm³/mol. The van der Waals surface area contributed by atoms with Crippen LogP contribution < -0.4 is 5.32 Å². The smallest absolute Gasteiger partial charge is 0.0406 e. The van der Waals surface area contributed by atoms with Crippen molar-refractivity contribution >= 4 is 17.3 Å². The fourth-order valence-electron chi connectivity index (χ4n) is 2.04. The van der Waals surface area contributed by atoms with Crippen molar-refractivity contribution in [1.29, 1.82) is 0 Å². The van der Waals surface area contributed by atoms with E-state index in [1.54, 1.807) is 0 Å². The highest BCUT2D eigenvalue weighted by Crippen LogP contribution is 2.14. The maximum atomic E-state index is 5.88. The van der Waals surface area contributed by atoms with Gasteiger partial charge in [0.25, 0.3) is 0 Å². The van der Waals surface area contributed by atoms with Gasteiger partial charge >= 0.3 is 0 Å². The SMILES string of the molecule is Cc1cccc(NC(C)Cc2ccc(Cl)cc2)c1. The van der Waals surface area contributed by atoms with Crippen molar-refractivity contribution in [3.05, 3.63) is 64.7 Å². The zero-order valence-electron chi connectivity index (χ0n) is 10.8. The standard InChI is InChI=1S/C16H18ClN/c1-12-4-3-5-16(10-12)18-13(2)11-14-6-8-15(17)9-7-14/h3-10,13,18H,11H2,1-2H3. The molecule has 0 aliphatic heterocycles. The number of halogens is 1. The Hall–Kier alpha value is -1.47. The second kappa shape index (κ2) is 5.92. The summed E-state index contributed by atoms with van der Waals surface area (Å²) in [5.74, 6) is 0. The maximum Gasteiger partial charge on any atom is 0.0406 e. The molecule has 2 rings (SSSR count). The molecule has 1 unspecified atom stereocenters. The fourth-order valence-corrected chi connectivity index (χ4v) is 2.17. The van der Waals surface area contributed by atoms with Gasteiger partial charge in [-0.2, -0.15) is 0 Å². The molecule has 0 aliphatic rings. The topological polar surface area (TPSA) is 12.0 Å². The summed E-state index contributed by atoms with van der Waals surface area (Å²) in [6.45, 7) is 4.30. The molecule has 1 atom stereocenters. The molecular weight excluding hydrogens is 242 g/mol. The van der Waals surface area contributed by atoms with Crippen LogP contribution in [0.5, 0.6) is 0 Å². The van der Waals surface area contributed by atoms with E-state index in [2.05, 4.69) is 55.6 Å². The van der Waals surface area contributed by atoms with Crippen LogP contribution in [-0.2, 0) is 6.42 Å². The van der Waals surface area contributed by atoms with Crippen molar-refractivity contribution in [1.82, 2.24) is 0 Å². The quantitative estimate of drug-likeness (QED) is 0.840. The van der Waals surface area contributed by atoms with Crippen LogP contribution in [0.1, 0.15) is 18.1 Å². The van der Waals surface area contributed by atoms with E-state index in [1.807, 2.05) is 12.1 Å². The van der Waals surface area contributed by atoms with Gasteiger partial charge in [0.15, 0.2) is 0 Å². The molecule has 1 nitrogen and oxygen atoms in total. The minimum absolute atomic E-state index is 0.396. The van der Waals surface area contributed by atoms with Crippen molar-refractivity contribution < 1.29 is 0 Å². The summed E-state index contributed by atoms with van der Waals surface area (Å²) >= 11 is 5.88. The summed E-state index contributed by atoms with van der Waals surface area (Å²) in [4.78, 5) is 0. The predicted octanol–water partition coefficient (Wildman–Crippen LogP) is 4.69. The second-order valence-electron chi connectivity index (χ2n) is 4.75. The summed E-state index contributed by atoms with van der Waals surface area (Å²) < 4.78 is 0. The van der Waals surface area contributed by atoms with Gasteiger partial charge < -0.3 is 5.32 Å². The Kier molecular flexibility index (Phi) is 4.27. The van der Waals surface area contributed by atoms with Crippen LogP contribution in [0.25, 0.3) is 0 Å². The van der Waals surface area contributed by atoms with E-state index in [9.17, 15) is 0 Å². The Labute approximate surface area is 114 Å². The van der Waals surface area contributed by atoms with Gasteiger partial charge in [-0.3, -0.25) is 0 Å². The minimum atomic E-state index is 0.396. The third kappa shape index (κ3) is 3.78. The van der Waals surface area contributed by atoms with Gasteiger partial charge in [0.1, 0.15) is 0 Å². The lowest BCUT2D eigenvalue weighted by molar-refractivity contribution is 0.790. The molecule has 18 heavy (non-hydrogen) atoms. The van der Waals surface area contributed by atoms with Gasteiger partial charge in [-0.05, 0) is 55.7 Å². The molecule has 0 bridgehead atoms. The monoisotopic (exact) mass is 259 g/mol. The first-order chi connectivity index (χ1) is 8.63. The lowest BCUT2D eigenvalue weighted by atomic mass is 10.1. The van der Waals surface area contributed by atoms with Gasteiger partial charge in [-0.15, -0.1) is 0 Å². The average Bonchev–Trinajstić information content (AvgIpc) is 2.32. The molecule has 0 saturated heterocycles. The van der Waals surface area contributed by atoms with E-state index in [-0.39, 0.29) is 0 Å². The number of anilines is 1. The van der Waals surface area contributed by atoms with Gasteiger partial charge in [-0.25, -0.2) is 0 Å². The van der Waals surface area contributed by atoms with Crippen molar-refractivity contribution in [2.24, 2.45) is 0 Å². The normalized spacial score (nSPS) is 12.2. The third-order valence-corrected chi connectivity index (χ3v) is 3.14. The molecule has 0 saturated carbocycles. The zero-order valence-corrected chi connectivity index (χ0v) is 11.5. The van der Waals surface area contributed by atoms with Gasteiger partial charge in [0.05, 0.1) is 0 Å². The number of nitrogens with one attached hydrogen (secondary N) is 1. The number of aryl methyl sites for hydroxylation is 1. The number of hydrogen-bond donors (Lipinski definition) is 1. The third-order valence-electron chi connectivity index (χ3n) is 2.89. The van der Waals surface area contributed by atoms with E-state index in [0.717, 1.165) is 11.4 Å². The molecule has 0 aromatic heterocycles. The van der Waals surface area contributed by atoms with Gasteiger partial charge in [0.2, 0.25) is 0 Å². The average molecular weight is 260 g/mol. The molecular formula is C16H18ClN. The van der Waals surface area contributed by atoms with E-state index in [4.69, 9.17) is 11.6 Å². The van der Waals surface area contributed by atoms with Crippen molar-refractivity contribution in [2.75, 3.05) is 5.32 Å². The summed E-state index contributed by atoms with van der Waals surface area (Å²) in [7, 11) is 0. The Morgan fingerprint density at radius 2 is 1.83 bits per heavy atom. The highest BCUT2D eigenvalue weighted by Gasteiger charge is 2.03. The summed E-state index contributed by atoms with van der Waals surface area (Å²) in [5.41, 5.74) is 3.75. The molecule has 0 fully saturated rings. The van der Waals surface area contributed by atoms with Crippen LogP contribution in [0.3, 0.4) is 0 Å². The molecule has 0 aliphatic carbocycles. The van der Waals surface area contributed by atoms with Crippen LogP contribution in [-0.4, -0.2) is 6.04 Å². The number of benzene rings is 2. The van der Waals surface area contributed by atoms with Crippen LogP contribution in [0, 0.1) is 6.92 Å². The molecule has 2 aromatic rings. The molecule has 0 heterocycles. The minimum Gasteiger partial charge on any atom is -0.382 e. The van der Waals surface area contributed by atoms with Gasteiger partial charge in [-0.1, -0.05) is 35.9 Å². The second-order valence-corrected chi connectivity index (χ2v) is 5.18. The van der Waals surface area contributed by atoms with Crippen molar-refractivity contribution in [3.8, 4) is 0 Å². The Bertz CT molecular complexity index is 505. The van der Waals surface area contributed by atoms with E-state index < -0.39 is 0 Å². The maximum absolute atomic E-state index is 5.88. The van der Waals surface area contributed by atoms with E-state index >= 15 is 0 Å². The largest absolute Gasteiger partial charge is 0.382 e. The summed E-state index contributed by atoms with van der Waals surface area (Å²) in [6.07, 6.45) is 0.991. The highest BCUT2D eigenvalue weighted by molar-refractivity contribution is 6.30. The van der Waals surface area contributed by atoms with Crippen molar-refractivity contribution in [3.63, 3.8) is 0 Å². The van der Waals surface area contributed by atoms with E-state index in [1.165, 1.54) is 16.8 Å². The first-order valence-electron chi connectivity index (χ1n) is 6.21. The molecule has 2 aromatic carbocycles. The Balaban J connectivity index is 1.96. The summed E-state index contributed by atoms with van der Waals surface area (Å²) in [5, 5.41) is 4.30. The summed E-state index contributed by atoms with van der Waals surface area (Å²) in [6, 6.07) is 16.9. The van der Waals surface area contributed by atoms with Crippen LogP contribution in [0.2, 0.25) is 5.02 Å². The molecule has 2 heteroatoms. The van der Waals surface area contributed by atoms with E-state index in [0.29, 0.717) is 6.04 Å². The lowest BCUT2D eigenvalue weighted by Gasteiger charge is -2.15. The number of rotatable bonds is 4. The molecule has 0 radical (unpaired) electrons. The molecule has 94 valence electrons. The first-order valence-corrected chi connectivity index (χ1v) is 6.59. The van der Waals surface area contributed by atoms with Crippen LogP contribution >= 0.6 is 11.6 Å². The van der Waals surface area contributed by atoms with Gasteiger partial charge in [0, 0.05) is 16.8 Å². The Morgan fingerprint density at radius 3 is 2.50 bits per heavy atom. The Morgan fingerprint density at radius 1 is 1.11 bits per heavy atom.